The first-order chi connectivity index (χ1) is 9.19. The molecule has 1 aromatic heterocycles. The van der Waals surface area contributed by atoms with E-state index in [4.69, 9.17) is 13.7 Å². The van der Waals surface area contributed by atoms with Crippen molar-refractivity contribution in [2.24, 2.45) is 0 Å². The summed E-state index contributed by atoms with van der Waals surface area (Å²) >= 11 is 0. The van der Waals surface area contributed by atoms with Crippen molar-refractivity contribution in [1.82, 2.24) is 4.98 Å². The molecule has 7 heteroatoms. The van der Waals surface area contributed by atoms with Crippen molar-refractivity contribution >= 4 is 23.7 Å². The molecule has 1 aromatic carbocycles. The van der Waals surface area contributed by atoms with Crippen LogP contribution in [0.4, 0.5) is 4.39 Å². The first kappa shape index (κ1) is 13.4. The van der Waals surface area contributed by atoms with E-state index in [0.29, 0.717) is 11.0 Å². The molecule has 2 aromatic rings. The summed E-state index contributed by atoms with van der Waals surface area (Å²) in [6.45, 7) is 7.60. The maximum absolute atomic E-state index is 13.7. The van der Waals surface area contributed by atoms with Crippen molar-refractivity contribution in [3.8, 4) is 0 Å². The van der Waals surface area contributed by atoms with Gasteiger partial charge in [-0.1, -0.05) is 0 Å². The molecule has 0 radical (unpaired) electrons. The van der Waals surface area contributed by atoms with Gasteiger partial charge in [-0.05, 0) is 33.8 Å². The van der Waals surface area contributed by atoms with E-state index < -0.39 is 29.9 Å². The monoisotopic (exact) mass is 279 g/mol. The van der Waals surface area contributed by atoms with Crippen LogP contribution >= 0.6 is 0 Å². The Morgan fingerprint density at radius 2 is 1.75 bits per heavy atom. The van der Waals surface area contributed by atoms with Crippen LogP contribution in [0.1, 0.15) is 27.7 Å². The van der Waals surface area contributed by atoms with E-state index in [2.05, 4.69) is 4.98 Å². The van der Waals surface area contributed by atoms with Gasteiger partial charge in [0.25, 0.3) is 0 Å². The molecule has 1 saturated heterocycles. The average molecular weight is 279 g/mol. The Hall–Kier alpha value is -1.60. The van der Waals surface area contributed by atoms with Crippen LogP contribution in [0.25, 0.3) is 11.1 Å². The Kier molecular flexibility index (Phi) is 2.65. The number of oxazole rings is 1. The van der Waals surface area contributed by atoms with Crippen LogP contribution in [0.5, 0.6) is 0 Å². The lowest BCUT2D eigenvalue weighted by molar-refractivity contribution is 0.00578. The average Bonchev–Trinajstić information content (AvgIpc) is 2.75. The maximum atomic E-state index is 13.7. The molecule has 3 rings (SSSR count). The highest BCUT2D eigenvalue weighted by Gasteiger charge is 2.52. The van der Waals surface area contributed by atoms with Crippen molar-refractivity contribution in [3.63, 3.8) is 0 Å². The third kappa shape index (κ3) is 1.89. The zero-order valence-electron chi connectivity index (χ0n) is 11.7. The van der Waals surface area contributed by atoms with Gasteiger partial charge in [0.05, 0.1) is 16.7 Å². The Morgan fingerprint density at radius 3 is 2.35 bits per heavy atom. The number of halogens is 1. The first-order valence-electron chi connectivity index (χ1n) is 6.37. The van der Waals surface area contributed by atoms with E-state index in [-0.39, 0.29) is 5.58 Å². The Morgan fingerprint density at radius 1 is 1.15 bits per heavy atom. The molecular weight excluding hydrogens is 264 g/mol. The Labute approximate surface area is 115 Å². The number of aromatic nitrogens is 1. The molecule has 0 saturated carbocycles. The number of H-pyrrole nitrogens is 1. The molecular formula is C13H15BFNO4. The molecule has 0 spiro atoms. The largest absolute Gasteiger partial charge is 0.498 e. The van der Waals surface area contributed by atoms with Crippen LogP contribution in [0, 0.1) is 5.82 Å². The normalized spacial score (nSPS) is 20.8. The molecule has 0 amide bonds. The number of rotatable bonds is 1. The molecule has 20 heavy (non-hydrogen) atoms. The topological polar surface area (TPSA) is 64.5 Å². The van der Waals surface area contributed by atoms with Gasteiger partial charge in [-0.15, -0.1) is 0 Å². The van der Waals surface area contributed by atoms with Gasteiger partial charge in [0.1, 0.15) is 5.82 Å². The number of hydrogen-bond donors (Lipinski definition) is 1. The minimum atomic E-state index is -0.780. The quantitative estimate of drug-likeness (QED) is 0.804. The molecule has 0 atom stereocenters. The third-order valence-corrected chi connectivity index (χ3v) is 4.02. The maximum Gasteiger partial charge on any atom is 0.498 e. The van der Waals surface area contributed by atoms with Gasteiger partial charge in [-0.2, -0.15) is 0 Å². The molecule has 5 nitrogen and oxygen atoms in total. The molecule has 0 unspecified atom stereocenters. The lowest BCUT2D eigenvalue weighted by Gasteiger charge is -2.32. The SMILES string of the molecule is CC1(C)OB(c2cc(F)cc3[nH]c(=O)oc23)OC1(C)C. The molecule has 1 aliphatic rings. The fourth-order valence-corrected chi connectivity index (χ4v) is 2.19. The summed E-state index contributed by atoms with van der Waals surface area (Å²) in [6, 6.07) is 2.47. The van der Waals surface area contributed by atoms with E-state index in [0.717, 1.165) is 0 Å². The van der Waals surface area contributed by atoms with Gasteiger partial charge in [0.15, 0.2) is 5.58 Å². The number of aromatic amines is 1. The second-order valence-electron chi connectivity index (χ2n) is 5.97. The van der Waals surface area contributed by atoms with Gasteiger partial charge in [0, 0.05) is 11.5 Å². The minimum absolute atomic E-state index is 0.259. The summed E-state index contributed by atoms with van der Waals surface area (Å²) < 4.78 is 30.5. The molecule has 1 fully saturated rings. The van der Waals surface area contributed by atoms with Gasteiger partial charge in [-0.3, -0.25) is 4.98 Å². The third-order valence-electron chi connectivity index (χ3n) is 4.02. The minimum Gasteiger partial charge on any atom is -0.408 e. The lowest BCUT2D eigenvalue weighted by Crippen LogP contribution is -2.41. The molecule has 1 N–H and O–H groups in total. The van der Waals surface area contributed by atoms with E-state index in [1.807, 2.05) is 27.7 Å². The predicted molar refractivity (Wildman–Crippen MR) is 72.5 cm³/mol. The Bertz CT molecular complexity index is 718. The fourth-order valence-electron chi connectivity index (χ4n) is 2.19. The predicted octanol–water partition coefficient (Wildman–Crippen LogP) is 1.56. The van der Waals surface area contributed by atoms with Crippen molar-refractivity contribution in [3.05, 3.63) is 28.5 Å². The number of fused-ring (bicyclic) bond motifs is 1. The molecule has 2 heterocycles. The van der Waals surface area contributed by atoms with Crippen molar-refractivity contribution in [2.75, 3.05) is 0 Å². The van der Waals surface area contributed by atoms with Crippen molar-refractivity contribution in [2.45, 2.75) is 38.9 Å². The number of nitrogens with one attached hydrogen (secondary N) is 1. The Balaban J connectivity index is 2.14. The summed E-state index contributed by atoms with van der Waals surface area (Å²) in [4.78, 5) is 13.7. The number of hydrogen-bond acceptors (Lipinski definition) is 4. The van der Waals surface area contributed by atoms with E-state index in [1.165, 1.54) is 12.1 Å². The smallest absolute Gasteiger partial charge is 0.408 e. The van der Waals surface area contributed by atoms with Crippen molar-refractivity contribution < 1.29 is 18.1 Å². The van der Waals surface area contributed by atoms with Crippen LogP contribution in [0.2, 0.25) is 0 Å². The molecule has 0 aliphatic carbocycles. The van der Waals surface area contributed by atoms with Crippen LogP contribution in [0.15, 0.2) is 21.3 Å². The summed E-state index contributed by atoms with van der Waals surface area (Å²) in [5.41, 5.74) is -0.175. The van der Waals surface area contributed by atoms with Gasteiger partial charge >= 0.3 is 12.9 Å². The van der Waals surface area contributed by atoms with Crippen LogP contribution in [-0.4, -0.2) is 23.3 Å². The highest BCUT2D eigenvalue weighted by atomic mass is 19.1. The van der Waals surface area contributed by atoms with E-state index in [9.17, 15) is 9.18 Å². The van der Waals surface area contributed by atoms with Crippen LogP contribution < -0.4 is 11.2 Å². The molecule has 1 aliphatic heterocycles. The van der Waals surface area contributed by atoms with Crippen LogP contribution in [-0.2, 0) is 9.31 Å². The first-order valence-corrected chi connectivity index (χ1v) is 6.37. The molecule has 0 bridgehead atoms. The standard InChI is InChI=1S/C13H15BFNO4/c1-12(2)13(3,4)20-14(19-12)8-5-7(15)6-9-10(8)18-11(17)16-9/h5-6H,1-4H3,(H,16,17). The van der Waals surface area contributed by atoms with Gasteiger partial charge in [-0.25, -0.2) is 9.18 Å². The summed E-state index contributed by atoms with van der Waals surface area (Å²) in [5.74, 6) is -1.12. The van der Waals surface area contributed by atoms with Gasteiger partial charge in [0.2, 0.25) is 0 Å². The van der Waals surface area contributed by atoms with Gasteiger partial charge < -0.3 is 13.7 Å². The summed E-state index contributed by atoms with van der Waals surface area (Å²) in [6.07, 6.45) is 0. The van der Waals surface area contributed by atoms with Crippen molar-refractivity contribution in [1.29, 1.82) is 0 Å². The van der Waals surface area contributed by atoms with E-state index in [1.54, 1.807) is 0 Å². The second-order valence-corrected chi connectivity index (χ2v) is 5.97. The zero-order valence-corrected chi connectivity index (χ0v) is 11.7. The summed E-state index contributed by atoms with van der Waals surface area (Å²) in [7, 11) is -0.780. The zero-order chi connectivity index (χ0) is 14.7. The van der Waals surface area contributed by atoms with Crippen LogP contribution in [0.3, 0.4) is 0 Å². The highest BCUT2D eigenvalue weighted by Crippen LogP contribution is 2.36. The molecule has 106 valence electrons. The highest BCUT2D eigenvalue weighted by molar-refractivity contribution is 6.64. The fraction of sp³-hybridized carbons (Fsp3) is 0.462. The number of benzene rings is 1. The van der Waals surface area contributed by atoms with E-state index >= 15 is 0 Å². The summed E-state index contributed by atoms with van der Waals surface area (Å²) in [5, 5.41) is 0. The second kappa shape index (κ2) is 3.96. The lowest BCUT2D eigenvalue weighted by atomic mass is 9.78.